The maximum Gasteiger partial charge on any atom is 0.242 e. The molecule has 0 saturated heterocycles. The van der Waals surface area contributed by atoms with Gasteiger partial charge in [0.1, 0.15) is 12.3 Å². The third kappa shape index (κ3) is 7.49. The Bertz CT molecular complexity index is 254. The molecule has 0 aromatic rings. The van der Waals surface area contributed by atoms with E-state index in [1.54, 1.807) is 0 Å². The molecule has 0 fully saturated rings. The number of hydrogen-bond acceptors (Lipinski definition) is 3. The van der Waals surface area contributed by atoms with E-state index in [4.69, 9.17) is 0 Å². The first-order valence-electron chi connectivity index (χ1n) is 6.10. The molecule has 98 valence electrons. The number of unbranched alkanes of at least 4 members (excludes halogenated alkanes) is 2. The van der Waals surface area contributed by atoms with Crippen LogP contribution < -0.4 is 10.6 Å². The van der Waals surface area contributed by atoms with E-state index >= 15 is 0 Å². The van der Waals surface area contributed by atoms with Gasteiger partial charge in [0, 0.05) is 19.9 Å². The van der Waals surface area contributed by atoms with Crippen LogP contribution in [0.2, 0.25) is 0 Å². The molecule has 0 heterocycles. The highest BCUT2D eigenvalue weighted by atomic mass is 16.2. The zero-order valence-electron chi connectivity index (χ0n) is 10.6. The summed E-state index contributed by atoms with van der Waals surface area (Å²) < 4.78 is 0. The van der Waals surface area contributed by atoms with Gasteiger partial charge in [-0.3, -0.25) is 9.59 Å². The van der Waals surface area contributed by atoms with Gasteiger partial charge in [-0.15, -0.1) is 0 Å². The van der Waals surface area contributed by atoms with Gasteiger partial charge in [0.25, 0.3) is 0 Å². The number of hydrogen-bond donors (Lipinski definition) is 2. The largest absolute Gasteiger partial charge is 0.357 e. The summed E-state index contributed by atoms with van der Waals surface area (Å²) in [6.07, 6.45) is 4.69. The quantitative estimate of drug-likeness (QED) is 0.463. The minimum absolute atomic E-state index is 0.127. The lowest BCUT2D eigenvalue weighted by Crippen LogP contribution is -2.45. The van der Waals surface area contributed by atoms with Crippen molar-refractivity contribution in [3.05, 3.63) is 0 Å². The van der Waals surface area contributed by atoms with Crippen LogP contribution in [0.25, 0.3) is 0 Å². The van der Waals surface area contributed by atoms with Gasteiger partial charge in [0.15, 0.2) is 0 Å². The molecule has 0 aromatic carbocycles. The summed E-state index contributed by atoms with van der Waals surface area (Å²) in [6.45, 7) is 2.06. The van der Waals surface area contributed by atoms with Crippen molar-refractivity contribution in [2.45, 2.75) is 51.5 Å². The summed E-state index contributed by atoms with van der Waals surface area (Å²) in [6, 6.07) is -0.598. The van der Waals surface area contributed by atoms with Crippen molar-refractivity contribution in [2.75, 3.05) is 7.05 Å². The maximum atomic E-state index is 11.5. The van der Waals surface area contributed by atoms with Crippen molar-refractivity contribution in [1.82, 2.24) is 10.6 Å². The van der Waals surface area contributed by atoms with Gasteiger partial charge in [-0.2, -0.15) is 0 Å². The average molecular weight is 242 g/mol. The first kappa shape index (κ1) is 15.6. The second kappa shape index (κ2) is 9.81. The summed E-state index contributed by atoms with van der Waals surface area (Å²) in [5.41, 5.74) is 0. The van der Waals surface area contributed by atoms with Crippen LogP contribution in [0.3, 0.4) is 0 Å². The lowest BCUT2D eigenvalue weighted by atomic mass is 10.1. The Morgan fingerprint density at radius 3 is 2.53 bits per heavy atom. The van der Waals surface area contributed by atoms with Crippen LogP contribution >= 0.6 is 0 Å². The summed E-state index contributed by atoms with van der Waals surface area (Å²) in [5, 5.41) is 5.13. The van der Waals surface area contributed by atoms with Gasteiger partial charge < -0.3 is 15.4 Å². The molecule has 5 heteroatoms. The molecule has 0 saturated carbocycles. The zero-order valence-corrected chi connectivity index (χ0v) is 10.6. The highest BCUT2D eigenvalue weighted by molar-refractivity contribution is 5.87. The summed E-state index contributed by atoms with van der Waals surface area (Å²) >= 11 is 0. The number of carbonyl (C=O) groups is 3. The molecule has 0 bridgehead atoms. The first-order chi connectivity index (χ1) is 8.15. The van der Waals surface area contributed by atoms with Crippen molar-refractivity contribution in [3.8, 4) is 0 Å². The molecule has 0 aromatic heterocycles. The smallest absolute Gasteiger partial charge is 0.242 e. The molecule has 1 unspecified atom stereocenters. The van der Waals surface area contributed by atoms with Crippen LogP contribution in [0, 0.1) is 0 Å². The van der Waals surface area contributed by atoms with Crippen LogP contribution in [-0.2, 0) is 14.4 Å². The highest BCUT2D eigenvalue weighted by Crippen LogP contribution is 2.01. The predicted molar refractivity (Wildman–Crippen MR) is 65.4 cm³/mol. The zero-order chi connectivity index (χ0) is 13.1. The Labute approximate surface area is 102 Å². The van der Waals surface area contributed by atoms with Crippen LogP contribution in [-0.4, -0.2) is 31.2 Å². The second-order valence-corrected chi connectivity index (χ2v) is 3.94. The molecule has 0 aliphatic heterocycles. The van der Waals surface area contributed by atoms with E-state index in [-0.39, 0.29) is 18.2 Å². The monoisotopic (exact) mass is 242 g/mol. The maximum absolute atomic E-state index is 11.5. The molecular weight excluding hydrogens is 220 g/mol. The summed E-state index contributed by atoms with van der Waals surface area (Å²) in [5.74, 6) is -0.381. The van der Waals surface area contributed by atoms with Crippen LogP contribution in [0.1, 0.15) is 45.4 Å². The van der Waals surface area contributed by atoms with Gasteiger partial charge in [-0.25, -0.2) is 0 Å². The van der Waals surface area contributed by atoms with E-state index in [1.807, 2.05) is 0 Å². The van der Waals surface area contributed by atoms with E-state index in [0.717, 1.165) is 25.5 Å². The number of aldehydes is 1. The van der Waals surface area contributed by atoms with Crippen molar-refractivity contribution in [3.63, 3.8) is 0 Å². The SMILES string of the molecule is CCCCCC(=O)NC(CCC=O)C(=O)NC. The molecule has 2 N–H and O–H groups in total. The van der Waals surface area contributed by atoms with Gasteiger partial charge in [-0.1, -0.05) is 19.8 Å². The van der Waals surface area contributed by atoms with Crippen molar-refractivity contribution in [1.29, 1.82) is 0 Å². The van der Waals surface area contributed by atoms with Crippen molar-refractivity contribution in [2.24, 2.45) is 0 Å². The van der Waals surface area contributed by atoms with Gasteiger partial charge in [0.05, 0.1) is 0 Å². The number of likely N-dealkylation sites (N-methyl/N-ethyl adjacent to an activating group) is 1. The Morgan fingerprint density at radius 1 is 1.29 bits per heavy atom. The van der Waals surface area contributed by atoms with E-state index in [9.17, 15) is 14.4 Å². The number of nitrogens with one attached hydrogen (secondary N) is 2. The molecule has 17 heavy (non-hydrogen) atoms. The lowest BCUT2D eigenvalue weighted by molar-refractivity contribution is -0.129. The fourth-order valence-electron chi connectivity index (χ4n) is 1.48. The van der Waals surface area contributed by atoms with Gasteiger partial charge >= 0.3 is 0 Å². The molecule has 0 aliphatic rings. The summed E-state index contributed by atoms with van der Waals surface area (Å²) in [7, 11) is 1.51. The Balaban J connectivity index is 4.07. The summed E-state index contributed by atoms with van der Waals surface area (Å²) in [4.78, 5) is 33.2. The topological polar surface area (TPSA) is 75.3 Å². The minimum Gasteiger partial charge on any atom is -0.357 e. The Kier molecular flexibility index (Phi) is 9.01. The first-order valence-corrected chi connectivity index (χ1v) is 6.10. The van der Waals surface area contributed by atoms with Crippen LogP contribution in [0.15, 0.2) is 0 Å². The molecule has 5 nitrogen and oxygen atoms in total. The molecule has 2 amide bonds. The van der Waals surface area contributed by atoms with E-state index in [0.29, 0.717) is 12.8 Å². The van der Waals surface area contributed by atoms with Crippen LogP contribution in [0.4, 0.5) is 0 Å². The van der Waals surface area contributed by atoms with E-state index in [1.165, 1.54) is 7.05 Å². The normalized spacial score (nSPS) is 11.6. The predicted octanol–water partition coefficient (Wildman–Crippen LogP) is 0.777. The molecular formula is C12H22N2O3. The molecule has 0 rings (SSSR count). The Hall–Kier alpha value is -1.39. The fourth-order valence-corrected chi connectivity index (χ4v) is 1.48. The third-order valence-electron chi connectivity index (χ3n) is 2.48. The standard InChI is InChI=1S/C12H22N2O3/c1-3-4-5-8-11(16)14-10(7-6-9-15)12(17)13-2/h9-10H,3-8H2,1-2H3,(H,13,17)(H,14,16). The third-order valence-corrected chi connectivity index (χ3v) is 2.48. The second-order valence-electron chi connectivity index (χ2n) is 3.94. The molecule has 0 spiro atoms. The number of carbonyl (C=O) groups excluding carboxylic acids is 3. The highest BCUT2D eigenvalue weighted by Gasteiger charge is 2.18. The molecule has 1 atom stereocenters. The number of rotatable bonds is 9. The minimum atomic E-state index is -0.598. The lowest BCUT2D eigenvalue weighted by Gasteiger charge is -2.16. The number of amides is 2. The van der Waals surface area contributed by atoms with Crippen molar-refractivity contribution < 1.29 is 14.4 Å². The molecule has 0 radical (unpaired) electrons. The average Bonchev–Trinajstić information content (AvgIpc) is 2.33. The van der Waals surface area contributed by atoms with Crippen molar-refractivity contribution >= 4 is 18.1 Å². The van der Waals surface area contributed by atoms with Gasteiger partial charge in [0.2, 0.25) is 11.8 Å². The van der Waals surface area contributed by atoms with E-state index < -0.39 is 6.04 Å². The Morgan fingerprint density at radius 2 is 2.00 bits per heavy atom. The van der Waals surface area contributed by atoms with E-state index in [2.05, 4.69) is 17.6 Å². The van der Waals surface area contributed by atoms with Gasteiger partial charge in [-0.05, 0) is 12.8 Å². The molecule has 0 aliphatic carbocycles. The fraction of sp³-hybridized carbons (Fsp3) is 0.750. The van der Waals surface area contributed by atoms with Crippen LogP contribution in [0.5, 0.6) is 0 Å².